The summed E-state index contributed by atoms with van der Waals surface area (Å²) in [7, 11) is -0.937. The number of ether oxygens (including phenoxy) is 2. The zero-order chi connectivity index (χ0) is 25.4. The molecule has 0 radical (unpaired) electrons. The van der Waals surface area contributed by atoms with E-state index in [1.165, 1.54) is 26.4 Å². The Labute approximate surface area is 209 Å². The molecule has 0 fully saturated rings. The highest BCUT2D eigenvalue weighted by atomic mass is 32.2. The molecule has 3 atom stereocenters. The maximum Gasteiger partial charge on any atom is 0.269 e. The average Bonchev–Trinajstić information content (AvgIpc) is 3.38. The standard InChI is InChI=1S/C26H25N3O6S/c1-34-18-10-13-25(35-2)24(14-18)28-36(32,33)19-11-12-23-22(15-19)20-4-3-5-21(20)26(27-23)16-6-8-17(9-7-16)29(30)31/h3-4,6-15,20-21,26-28H,5H2,1-2H3/t20-,21+,26+/m0/s1. The fourth-order valence-electron chi connectivity index (χ4n) is 4.97. The number of rotatable bonds is 7. The van der Waals surface area contributed by atoms with Crippen LogP contribution < -0.4 is 19.5 Å². The molecule has 0 saturated heterocycles. The van der Waals surface area contributed by atoms with Crippen LogP contribution in [0.2, 0.25) is 0 Å². The third kappa shape index (κ3) is 4.24. The molecule has 9 nitrogen and oxygen atoms in total. The SMILES string of the molecule is COc1ccc(OC)c(NS(=O)(=O)c2ccc3c(c2)[C@H]2C=CC[C@H]2[C@@H](c2ccc([N+](=O)[O-])cc2)N3)c1. The molecule has 0 amide bonds. The van der Waals surface area contributed by atoms with E-state index in [1.54, 1.807) is 48.5 Å². The molecule has 3 aromatic carbocycles. The summed E-state index contributed by atoms with van der Waals surface area (Å²) in [6, 6.07) is 16.5. The van der Waals surface area contributed by atoms with Crippen LogP contribution in [0.1, 0.15) is 29.5 Å². The van der Waals surface area contributed by atoms with Gasteiger partial charge in [0.15, 0.2) is 0 Å². The monoisotopic (exact) mass is 507 g/mol. The Kier molecular flexibility index (Phi) is 6.05. The van der Waals surface area contributed by atoms with Gasteiger partial charge >= 0.3 is 0 Å². The second-order valence-electron chi connectivity index (χ2n) is 8.74. The number of allylic oxidation sites excluding steroid dienone is 2. The predicted octanol–water partition coefficient (Wildman–Crippen LogP) is 5.24. The third-order valence-electron chi connectivity index (χ3n) is 6.76. The quantitative estimate of drug-likeness (QED) is 0.255. The molecule has 1 heterocycles. The van der Waals surface area contributed by atoms with Gasteiger partial charge in [-0.15, -0.1) is 0 Å². The maximum atomic E-state index is 13.3. The fourth-order valence-corrected chi connectivity index (χ4v) is 6.07. The number of nitro groups is 1. The summed E-state index contributed by atoms with van der Waals surface area (Å²) in [5.74, 6) is 1.05. The van der Waals surface area contributed by atoms with Crippen molar-refractivity contribution in [2.75, 3.05) is 24.3 Å². The van der Waals surface area contributed by atoms with Gasteiger partial charge in [-0.3, -0.25) is 14.8 Å². The zero-order valence-corrected chi connectivity index (χ0v) is 20.5. The Hall–Kier alpha value is -4.05. The van der Waals surface area contributed by atoms with Crippen LogP contribution in [0.15, 0.2) is 77.7 Å². The summed E-state index contributed by atoms with van der Waals surface area (Å²) in [4.78, 5) is 10.8. The summed E-state index contributed by atoms with van der Waals surface area (Å²) >= 11 is 0. The van der Waals surface area contributed by atoms with Gasteiger partial charge in [-0.05, 0) is 53.8 Å². The minimum absolute atomic E-state index is 0.0166. The first kappa shape index (κ1) is 23.7. The number of hydrogen-bond acceptors (Lipinski definition) is 7. The molecule has 2 aliphatic rings. The van der Waals surface area contributed by atoms with Gasteiger partial charge in [-0.1, -0.05) is 24.3 Å². The number of fused-ring (bicyclic) bond motifs is 3. The van der Waals surface area contributed by atoms with E-state index in [4.69, 9.17) is 9.47 Å². The van der Waals surface area contributed by atoms with Crippen LogP contribution in [0.25, 0.3) is 0 Å². The predicted molar refractivity (Wildman–Crippen MR) is 136 cm³/mol. The zero-order valence-electron chi connectivity index (χ0n) is 19.7. The van der Waals surface area contributed by atoms with Gasteiger partial charge in [0.2, 0.25) is 0 Å². The largest absolute Gasteiger partial charge is 0.497 e. The lowest BCUT2D eigenvalue weighted by molar-refractivity contribution is -0.384. The topological polar surface area (TPSA) is 120 Å². The normalized spacial score (nSPS) is 20.1. The second kappa shape index (κ2) is 9.19. The molecule has 0 saturated carbocycles. The van der Waals surface area contributed by atoms with Crippen molar-refractivity contribution < 1.29 is 22.8 Å². The van der Waals surface area contributed by atoms with Gasteiger partial charge < -0.3 is 14.8 Å². The molecule has 0 unspecified atom stereocenters. The van der Waals surface area contributed by atoms with E-state index < -0.39 is 14.9 Å². The van der Waals surface area contributed by atoms with Crippen LogP contribution in [0.3, 0.4) is 0 Å². The molecular weight excluding hydrogens is 482 g/mol. The van der Waals surface area contributed by atoms with E-state index in [0.29, 0.717) is 11.5 Å². The van der Waals surface area contributed by atoms with Crippen LogP contribution >= 0.6 is 0 Å². The van der Waals surface area contributed by atoms with Gasteiger partial charge in [-0.25, -0.2) is 8.42 Å². The van der Waals surface area contributed by atoms with E-state index in [1.807, 2.05) is 0 Å². The summed E-state index contributed by atoms with van der Waals surface area (Å²) in [5, 5.41) is 14.6. The van der Waals surface area contributed by atoms with Crippen LogP contribution in [0, 0.1) is 16.0 Å². The Bertz CT molecular complexity index is 1450. The summed E-state index contributed by atoms with van der Waals surface area (Å²) in [6.45, 7) is 0. The van der Waals surface area contributed by atoms with Gasteiger partial charge in [0.05, 0.1) is 35.8 Å². The van der Waals surface area contributed by atoms with Crippen LogP contribution in [0.5, 0.6) is 11.5 Å². The smallest absolute Gasteiger partial charge is 0.269 e. The van der Waals surface area contributed by atoms with Crippen molar-refractivity contribution in [1.29, 1.82) is 0 Å². The van der Waals surface area contributed by atoms with E-state index in [9.17, 15) is 18.5 Å². The summed E-state index contributed by atoms with van der Waals surface area (Å²) in [6.07, 6.45) is 5.03. The van der Waals surface area contributed by atoms with Crippen molar-refractivity contribution in [3.05, 3.63) is 94.1 Å². The van der Waals surface area contributed by atoms with Crippen molar-refractivity contribution in [1.82, 2.24) is 0 Å². The van der Waals surface area contributed by atoms with Gasteiger partial charge in [-0.2, -0.15) is 0 Å². The molecule has 1 aliphatic heterocycles. The number of anilines is 2. The number of methoxy groups -OCH3 is 2. The highest BCUT2D eigenvalue weighted by Crippen LogP contribution is 2.50. The number of nitrogens with one attached hydrogen (secondary N) is 2. The number of nitrogens with zero attached hydrogens (tertiary/aromatic N) is 1. The van der Waals surface area contributed by atoms with E-state index in [2.05, 4.69) is 22.2 Å². The van der Waals surface area contributed by atoms with Crippen molar-refractivity contribution in [2.45, 2.75) is 23.3 Å². The maximum absolute atomic E-state index is 13.3. The number of sulfonamides is 1. The lowest BCUT2D eigenvalue weighted by Crippen LogP contribution is -2.29. The molecule has 3 aromatic rings. The Morgan fingerprint density at radius 3 is 2.50 bits per heavy atom. The first-order valence-electron chi connectivity index (χ1n) is 11.4. The lowest BCUT2D eigenvalue weighted by atomic mass is 9.77. The first-order valence-corrected chi connectivity index (χ1v) is 12.9. The van der Waals surface area contributed by atoms with Crippen LogP contribution in [-0.4, -0.2) is 27.6 Å². The first-order chi connectivity index (χ1) is 17.3. The van der Waals surface area contributed by atoms with Crippen molar-refractivity contribution in [3.63, 3.8) is 0 Å². The molecule has 36 heavy (non-hydrogen) atoms. The van der Waals surface area contributed by atoms with Crippen molar-refractivity contribution in [2.24, 2.45) is 5.92 Å². The van der Waals surface area contributed by atoms with E-state index in [-0.39, 0.29) is 34.1 Å². The molecule has 0 aromatic heterocycles. The molecular formula is C26H25N3O6S. The van der Waals surface area contributed by atoms with E-state index in [0.717, 1.165) is 23.2 Å². The van der Waals surface area contributed by atoms with Gasteiger partial charge in [0, 0.05) is 29.8 Å². The number of non-ortho nitro benzene ring substituents is 1. The van der Waals surface area contributed by atoms with Crippen molar-refractivity contribution in [3.8, 4) is 11.5 Å². The highest BCUT2D eigenvalue weighted by Gasteiger charge is 2.38. The molecule has 0 spiro atoms. The number of hydrogen-bond donors (Lipinski definition) is 2. The Morgan fingerprint density at radius 2 is 1.81 bits per heavy atom. The summed E-state index contributed by atoms with van der Waals surface area (Å²) in [5.41, 5.74) is 3.01. The molecule has 0 bridgehead atoms. The summed E-state index contributed by atoms with van der Waals surface area (Å²) < 4.78 is 39.8. The van der Waals surface area contributed by atoms with Crippen LogP contribution in [-0.2, 0) is 10.0 Å². The Morgan fingerprint density at radius 1 is 1.03 bits per heavy atom. The van der Waals surface area contributed by atoms with Crippen molar-refractivity contribution >= 4 is 27.1 Å². The highest BCUT2D eigenvalue weighted by molar-refractivity contribution is 7.92. The second-order valence-corrected chi connectivity index (χ2v) is 10.4. The van der Waals surface area contributed by atoms with Gasteiger partial charge in [0.25, 0.3) is 15.7 Å². The molecule has 2 N–H and O–H groups in total. The number of benzene rings is 3. The fraction of sp³-hybridized carbons (Fsp3) is 0.231. The minimum Gasteiger partial charge on any atom is -0.497 e. The molecule has 186 valence electrons. The number of nitro benzene ring substituents is 1. The minimum atomic E-state index is -3.91. The third-order valence-corrected chi connectivity index (χ3v) is 8.12. The Balaban J connectivity index is 1.47. The molecule has 1 aliphatic carbocycles. The van der Waals surface area contributed by atoms with Gasteiger partial charge in [0.1, 0.15) is 11.5 Å². The average molecular weight is 508 g/mol. The molecule has 5 rings (SSSR count). The van der Waals surface area contributed by atoms with E-state index >= 15 is 0 Å². The van der Waals surface area contributed by atoms with Crippen LogP contribution in [0.4, 0.5) is 17.1 Å². The lowest BCUT2D eigenvalue weighted by Gasteiger charge is -2.37. The molecule has 10 heteroatoms.